The van der Waals surface area contributed by atoms with Crippen molar-refractivity contribution in [2.24, 2.45) is 0 Å². The van der Waals surface area contributed by atoms with Crippen LogP contribution in [-0.2, 0) is 9.59 Å². The maximum Gasteiger partial charge on any atom is 0.294 e. The van der Waals surface area contributed by atoms with Gasteiger partial charge < -0.3 is 5.32 Å². The molecule has 0 saturated carbocycles. The average molecular weight is 370 g/mol. The summed E-state index contributed by atoms with van der Waals surface area (Å²) in [7, 11) is 0. The first kappa shape index (κ1) is 17.9. The normalized spacial score (nSPS) is 15.6. The summed E-state index contributed by atoms with van der Waals surface area (Å²) in [5.41, 5.74) is 2.25. The standard InChI is InChI=1S/C19H15FN2O3S/c1-12-2-8-15(9-3-12)21-17(23)11-22-18(24)16(26-19(22)25)10-13-4-6-14(20)7-5-13/h2-10H,11H2,1H3,(H,21,23)/b16-10+. The monoisotopic (exact) mass is 370 g/mol. The average Bonchev–Trinajstić information content (AvgIpc) is 2.86. The molecule has 26 heavy (non-hydrogen) atoms. The quantitative estimate of drug-likeness (QED) is 0.831. The maximum absolute atomic E-state index is 12.9. The molecule has 0 bridgehead atoms. The number of nitrogens with one attached hydrogen (secondary N) is 1. The lowest BCUT2D eigenvalue weighted by Crippen LogP contribution is -2.36. The number of carbonyl (C=O) groups is 3. The van der Waals surface area contributed by atoms with E-state index in [-0.39, 0.29) is 17.3 Å². The zero-order chi connectivity index (χ0) is 18.7. The van der Waals surface area contributed by atoms with Gasteiger partial charge in [-0.2, -0.15) is 0 Å². The molecule has 0 unspecified atom stereocenters. The molecule has 0 atom stereocenters. The first-order valence-corrected chi connectivity index (χ1v) is 8.61. The molecule has 1 saturated heterocycles. The zero-order valence-electron chi connectivity index (χ0n) is 13.9. The molecule has 3 amide bonds. The molecule has 132 valence electrons. The van der Waals surface area contributed by atoms with E-state index in [1.165, 1.54) is 30.3 Å². The second-order valence-electron chi connectivity index (χ2n) is 5.73. The van der Waals surface area contributed by atoms with Crippen LogP contribution in [0.4, 0.5) is 14.9 Å². The minimum Gasteiger partial charge on any atom is -0.325 e. The van der Waals surface area contributed by atoms with Crippen LogP contribution in [0.3, 0.4) is 0 Å². The van der Waals surface area contributed by atoms with E-state index >= 15 is 0 Å². The van der Waals surface area contributed by atoms with Crippen LogP contribution >= 0.6 is 11.8 Å². The van der Waals surface area contributed by atoms with Gasteiger partial charge in [0.25, 0.3) is 11.1 Å². The number of anilines is 1. The first-order valence-electron chi connectivity index (χ1n) is 7.80. The van der Waals surface area contributed by atoms with E-state index in [2.05, 4.69) is 5.32 Å². The smallest absolute Gasteiger partial charge is 0.294 e. The van der Waals surface area contributed by atoms with Crippen LogP contribution < -0.4 is 5.32 Å². The Labute approximate surface area is 153 Å². The van der Waals surface area contributed by atoms with Gasteiger partial charge in [0.05, 0.1) is 4.91 Å². The lowest BCUT2D eigenvalue weighted by molar-refractivity contribution is -0.127. The molecule has 0 aromatic heterocycles. The summed E-state index contributed by atoms with van der Waals surface area (Å²) in [6, 6.07) is 12.7. The molecule has 1 aliphatic rings. The molecule has 3 rings (SSSR count). The number of halogens is 1. The van der Waals surface area contributed by atoms with E-state index in [9.17, 15) is 18.8 Å². The van der Waals surface area contributed by atoms with Gasteiger partial charge in [0.1, 0.15) is 12.4 Å². The number of hydrogen-bond acceptors (Lipinski definition) is 4. The predicted octanol–water partition coefficient (Wildman–Crippen LogP) is 3.81. The second-order valence-corrected chi connectivity index (χ2v) is 6.73. The van der Waals surface area contributed by atoms with Crippen molar-refractivity contribution in [2.75, 3.05) is 11.9 Å². The molecule has 7 heteroatoms. The summed E-state index contributed by atoms with van der Waals surface area (Å²) in [5.74, 6) is -1.38. The fourth-order valence-electron chi connectivity index (χ4n) is 2.33. The highest BCUT2D eigenvalue weighted by molar-refractivity contribution is 8.18. The number of carbonyl (C=O) groups excluding carboxylic acids is 3. The second kappa shape index (κ2) is 7.53. The van der Waals surface area contributed by atoms with Crippen molar-refractivity contribution in [1.82, 2.24) is 4.90 Å². The third-order valence-electron chi connectivity index (χ3n) is 3.68. The first-order chi connectivity index (χ1) is 12.4. The molecule has 1 N–H and O–H groups in total. The summed E-state index contributed by atoms with van der Waals surface area (Å²) in [5, 5.41) is 2.14. The highest BCUT2D eigenvalue weighted by Gasteiger charge is 2.36. The molecule has 0 radical (unpaired) electrons. The lowest BCUT2D eigenvalue weighted by Gasteiger charge is -2.12. The number of hydrogen-bond donors (Lipinski definition) is 1. The van der Waals surface area contributed by atoms with E-state index in [0.29, 0.717) is 11.3 Å². The fourth-order valence-corrected chi connectivity index (χ4v) is 3.17. The van der Waals surface area contributed by atoms with Gasteiger partial charge >= 0.3 is 0 Å². The topological polar surface area (TPSA) is 66.5 Å². The van der Waals surface area contributed by atoms with E-state index in [4.69, 9.17) is 0 Å². The van der Waals surface area contributed by atoms with Gasteiger partial charge in [-0.1, -0.05) is 29.8 Å². The number of aryl methyl sites for hydroxylation is 1. The van der Waals surface area contributed by atoms with Crippen molar-refractivity contribution in [3.63, 3.8) is 0 Å². The molecule has 1 fully saturated rings. The third kappa shape index (κ3) is 4.18. The highest BCUT2D eigenvalue weighted by atomic mass is 32.2. The van der Waals surface area contributed by atoms with Gasteiger partial charge in [0, 0.05) is 5.69 Å². The van der Waals surface area contributed by atoms with Gasteiger partial charge in [0.2, 0.25) is 5.91 Å². The Morgan fingerprint density at radius 2 is 1.77 bits per heavy atom. The number of thioether (sulfide) groups is 1. The Kier molecular flexibility index (Phi) is 5.18. The largest absolute Gasteiger partial charge is 0.325 e. The number of imide groups is 1. The van der Waals surface area contributed by atoms with Crippen molar-refractivity contribution in [1.29, 1.82) is 0 Å². The van der Waals surface area contributed by atoms with Crippen LogP contribution in [0.5, 0.6) is 0 Å². The third-order valence-corrected chi connectivity index (χ3v) is 4.59. The lowest BCUT2D eigenvalue weighted by atomic mass is 10.2. The molecule has 2 aromatic rings. The van der Waals surface area contributed by atoms with Gasteiger partial charge in [-0.05, 0) is 54.6 Å². The summed E-state index contributed by atoms with van der Waals surface area (Å²) in [4.78, 5) is 37.7. The Morgan fingerprint density at radius 1 is 1.12 bits per heavy atom. The van der Waals surface area contributed by atoms with Crippen LogP contribution in [0.25, 0.3) is 6.08 Å². The molecule has 0 aliphatic carbocycles. The molecule has 2 aromatic carbocycles. The molecular weight excluding hydrogens is 355 g/mol. The van der Waals surface area contributed by atoms with Gasteiger partial charge in [0.15, 0.2) is 0 Å². The van der Waals surface area contributed by atoms with Crippen molar-refractivity contribution < 1.29 is 18.8 Å². The van der Waals surface area contributed by atoms with E-state index in [0.717, 1.165) is 22.2 Å². The highest BCUT2D eigenvalue weighted by Crippen LogP contribution is 2.32. The van der Waals surface area contributed by atoms with E-state index in [1.54, 1.807) is 12.1 Å². The van der Waals surface area contributed by atoms with Gasteiger partial charge in [-0.15, -0.1) is 0 Å². The minimum atomic E-state index is -0.539. The van der Waals surface area contributed by atoms with Crippen molar-refractivity contribution >= 4 is 40.6 Å². The summed E-state index contributed by atoms with van der Waals surface area (Å²) >= 11 is 0.756. The van der Waals surface area contributed by atoms with Crippen molar-refractivity contribution in [3.8, 4) is 0 Å². The molecule has 1 heterocycles. The van der Waals surface area contributed by atoms with Crippen LogP contribution in [0, 0.1) is 12.7 Å². The zero-order valence-corrected chi connectivity index (χ0v) is 14.7. The van der Waals surface area contributed by atoms with E-state index < -0.39 is 17.1 Å². The van der Waals surface area contributed by atoms with E-state index in [1.807, 2.05) is 19.1 Å². The van der Waals surface area contributed by atoms with Gasteiger partial charge in [-0.25, -0.2) is 4.39 Å². The SMILES string of the molecule is Cc1ccc(NC(=O)CN2C(=O)S/C(=C/c3ccc(F)cc3)C2=O)cc1. The van der Waals surface area contributed by atoms with Crippen LogP contribution in [0.2, 0.25) is 0 Å². The van der Waals surface area contributed by atoms with Crippen molar-refractivity contribution in [3.05, 3.63) is 70.4 Å². The minimum absolute atomic E-state index is 0.199. The number of rotatable bonds is 4. The molecule has 0 spiro atoms. The van der Waals surface area contributed by atoms with Gasteiger partial charge in [-0.3, -0.25) is 19.3 Å². The fraction of sp³-hybridized carbons (Fsp3) is 0.105. The summed E-state index contributed by atoms with van der Waals surface area (Å²) in [6.45, 7) is 1.57. The molecule has 1 aliphatic heterocycles. The van der Waals surface area contributed by atoms with Crippen LogP contribution in [0.15, 0.2) is 53.4 Å². The predicted molar refractivity (Wildman–Crippen MR) is 98.9 cm³/mol. The Balaban J connectivity index is 1.67. The summed E-state index contributed by atoms with van der Waals surface area (Å²) in [6.07, 6.45) is 1.50. The van der Waals surface area contributed by atoms with Crippen LogP contribution in [-0.4, -0.2) is 28.5 Å². The number of amides is 3. The van der Waals surface area contributed by atoms with Crippen LogP contribution in [0.1, 0.15) is 11.1 Å². The van der Waals surface area contributed by atoms with Crippen molar-refractivity contribution in [2.45, 2.75) is 6.92 Å². The number of benzene rings is 2. The molecule has 5 nitrogen and oxygen atoms in total. The molecular formula is C19H15FN2O3S. The Morgan fingerprint density at radius 3 is 2.42 bits per heavy atom. The Bertz CT molecular complexity index is 892. The number of nitrogens with zero attached hydrogens (tertiary/aromatic N) is 1. The maximum atomic E-state index is 12.9. The Hall–Kier alpha value is -2.93. The summed E-state index contributed by atoms with van der Waals surface area (Å²) < 4.78 is 12.9.